The molecule has 0 fully saturated rings. The molecule has 0 saturated carbocycles. The number of nitrogens with zero attached hydrogens (tertiary/aromatic N) is 2. The minimum Gasteiger partial charge on any atom is -0.495 e. The van der Waals surface area contributed by atoms with Gasteiger partial charge in [0.25, 0.3) is 15.9 Å². The minimum atomic E-state index is -3.96. The second-order valence-electron chi connectivity index (χ2n) is 6.17. The molecule has 0 unspecified atom stereocenters. The molecule has 0 radical (unpaired) electrons. The number of rotatable bonds is 7. The number of amides is 1. The summed E-state index contributed by atoms with van der Waals surface area (Å²) in [6.45, 7) is 1.75. The van der Waals surface area contributed by atoms with Crippen LogP contribution in [0.2, 0.25) is 0 Å². The molecule has 2 aromatic carbocycles. The van der Waals surface area contributed by atoms with Crippen molar-refractivity contribution < 1.29 is 22.7 Å². The molecule has 156 valence electrons. The van der Waals surface area contributed by atoms with Gasteiger partial charge in [0.1, 0.15) is 17.2 Å². The van der Waals surface area contributed by atoms with E-state index in [0.717, 1.165) is 0 Å². The van der Waals surface area contributed by atoms with Gasteiger partial charge in [-0.05, 0) is 37.3 Å². The van der Waals surface area contributed by atoms with Gasteiger partial charge >= 0.3 is 0 Å². The van der Waals surface area contributed by atoms with Crippen molar-refractivity contribution in [2.75, 3.05) is 24.3 Å². The van der Waals surface area contributed by atoms with Crippen LogP contribution in [0, 0.1) is 6.92 Å². The number of para-hydroxylation sites is 2. The summed E-state index contributed by atoms with van der Waals surface area (Å²) in [6, 6.07) is 10.8. The van der Waals surface area contributed by atoms with Gasteiger partial charge in [-0.15, -0.1) is 0 Å². The van der Waals surface area contributed by atoms with Gasteiger partial charge in [-0.3, -0.25) is 14.5 Å². The quantitative estimate of drug-likeness (QED) is 0.594. The van der Waals surface area contributed by atoms with E-state index < -0.39 is 15.9 Å². The maximum atomic E-state index is 12.9. The maximum Gasteiger partial charge on any atom is 0.275 e. The molecule has 1 heterocycles. The van der Waals surface area contributed by atoms with E-state index in [1.165, 1.54) is 44.8 Å². The van der Waals surface area contributed by atoms with Crippen LogP contribution in [0.1, 0.15) is 16.2 Å². The number of benzene rings is 2. The first-order chi connectivity index (χ1) is 14.3. The molecule has 0 aliphatic heterocycles. The fourth-order valence-corrected chi connectivity index (χ4v) is 3.68. The van der Waals surface area contributed by atoms with Crippen LogP contribution >= 0.6 is 0 Å². The van der Waals surface area contributed by atoms with Crippen molar-refractivity contribution in [3.63, 3.8) is 0 Å². The Hall–Kier alpha value is -3.66. The summed E-state index contributed by atoms with van der Waals surface area (Å²) >= 11 is 0. The summed E-state index contributed by atoms with van der Waals surface area (Å²) in [7, 11) is -1.10. The first-order valence-corrected chi connectivity index (χ1v) is 10.3. The molecule has 0 saturated heterocycles. The second-order valence-corrected chi connectivity index (χ2v) is 7.85. The lowest BCUT2D eigenvalue weighted by Crippen LogP contribution is -2.17. The SMILES string of the molecule is COc1ccc(S(=O)(=O)Nc2ccccc2OC)cc1NC(=O)c1cnc(C)cn1. The summed E-state index contributed by atoms with van der Waals surface area (Å²) in [5.74, 6) is 0.119. The summed E-state index contributed by atoms with van der Waals surface area (Å²) in [6.07, 6.45) is 2.80. The topological polar surface area (TPSA) is 120 Å². The normalized spacial score (nSPS) is 10.9. The van der Waals surface area contributed by atoms with Gasteiger partial charge in [0.15, 0.2) is 0 Å². The van der Waals surface area contributed by atoms with E-state index >= 15 is 0 Å². The molecule has 1 aromatic heterocycles. The third-order valence-corrected chi connectivity index (χ3v) is 5.46. The summed E-state index contributed by atoms with van der Waals surface area (Å²) in [5.41, 5.74) is 1.21. The van der Waals surface area contributed by atoms with Crippen LogP contribution in [0.15, 0.2) is 59.8 Å². The molecule has 30 heavy (non-hydrogen) atoms. The van der Waals surface area contributed by atoms with Crippen molar-refractivity contribution in [2.45, 2.75) is 11.8 Å². The van der Waals surface area contributed by atoms with Crippen LogP contribution in [0.3, 0.4) is 0 Å². The van der Waals surface area contributed by atoms with Crippen LogP contribution in [0.25, 0.3) is 0 Å². The van der Waals surface area contributed by atoms with Crippen LogP contribution in [0.5, 0.6) is 11.5 Å². The number of aromatic nitrogens is 2. The van der Waals surface area contributed by atoms with Crippen LogP contribution in [-0.4, -0.2) is 38.5 Å². The van der Waals surface area contributed by atoms with Gasteiger partial charge in [-0.2, -0.15) is 0 Å². The van der Waals surface area contributed by atoms with Crippen molar-refractivity contribution in [1.29, 1.82) is 0 Å². The predicted octanol–water partition coefficient (Wildman–Crippen LogP) is 2.86. The molecular weight excluding hydrogens is 408 g/mol. The van der Waals surface area contributed by atoms with Crippen LogP contribution in [-0.2, 0) is 10.0 Å². The lowest BCUT2D eigenvalue weighted by Gasteiger charge is -2.14. The molecule has 1 amide bonds. The third kappa shape index (κ3) is 4.66. The number of aryl methyl sites for hydroxylation is 1. The number of anilines is 2. The van der Waals surface area contributed by atoms with Crippen LogP contribution in [0.4, 0.5) is 11.4 Å². The molecular formula is C20H20N4O5S. The van der Waals surface area contributed by atoms with Gasteiger partial charge in [0.05, 0.1) is 42.4 Å². The lowest BCUT2D eigenvalue weighted by atomic mass is 10.2. The first kappa shape index (κ1) is 21.1. The monoisotopic (exact) mass is 428 g/mol. The Kier molecular flexibility index (Phi) is 6.17. The lowest BCUT2D eigenvalue weighted by molar-refractivity contribution is 0.102. The van der Waals surface area contributed by atoms with Crippen molar-refractivity contribution in [3.05, 3.63) is 66.2 Å². The zero-order chi connectivity index (χ0) is 21.7. The molecule has 10 heteroatoms. The Morgan fingerprint density at radius 2 is 1.63 bits per heavy atom. The van der Waals surface area contributed by atoms with Crippen molar-refractivity contribution in [1.82, 2.24) is 9.97 Å². The molecule has 2 N–H and O–H groups in total. The van der Waals surface area contributed by atoms with E-state index in [0.29, 0.717) is 17.2 Å². The Labute approximate surface area is 174 Å². The Morgan fingerprint density at radius 1 is 0.933 bits per heavy atom. The highest BCUT2D eigenvalue weighted by Crippen LogP contribution is 2.30. The number of ether oxygens (including phenoxy) is 2. The zero-order valence-electron chi connectivity index (χ0n) is 16.5. The van der Waals surface area contributed by atoms with E-state index in [2.05, 4.69) is 20.0 Å². The number of hydrogen-bond donors (Lipinski definition) is 2. The third-order valence-electron chi connectivity index (χ3n) is 4.09. The molecule has 9 nitrogen and oxygen atoms in total. The van der Waals surface area contributed by atoms with Crippen LogP contribution < -0.4 is 19.5 Å². The first-order valence-electron chi connectivity index (χ1n) is 8.78. The molecule has 0 aliphatic carbocycles. The highest BCUT2D eigenvalue weighted by atomic mass is 32.2. The maximum absolute atomic E-state index is 12.9. The largest absolute Gasteiger partial charge is 0.495 e. The summed E-state index contributed by atoms with van der Waals surface area (Å²) < 4.78 is 38.6. The molecule has 3 rings (SSSR count). The summed E-state index contributed by atoms with van der Waals surface area (Å²) in [4.78, 5) is 20.5. The van der Waals surface area contributed by atoms with Gasteiger partial charge < -0.3 is 14.8 Å². The fourth-order valence-electron chi connectivity index (χ4n) is 2.58. The van der Waals surface area contributed by atoms with Gasteiger partial charge in [0, 0.05) is 6.20 Å². The van der Waals surface area contributed by atoms with E-state index in [-0.39, 0.29) is 22.0 Å². The van der Waals surface area contributed by atoms with Gasteiger partial charge in [-0.1, -0.05) is 12.1 Å². The average Bonchev–Trinajstić information content (AvgIpc) is 2.74. The Morgan fingerprint density at radius 3 is 2.30 bits per heavy atom. The van der Waals surface area contributed by atoms with E-state index in [1.54, 1.807) is 31.2 Å². The van der Waals surface area contributed by atoms with E-state index in [4.69, 9.17) is 9.47 Å². The van der Waals surface area contributed by atoms with E-state index in [9.17, 15) is 13.2 Å². The number of methoxy groups -OCH3 is 2. The minimum absolute atomic E-state index is 0.0699. The van der Waals surface area contributed by atoms with Crippen molar-refractivity contribution in [3.8, 4) is 11.5 Å². The Balaban J connectivity index is 1.91. The highest BCUT2D eigenvalue weighted by molar-refractivity contribution is 7.92. The standard InChI is InChI=1S/C20H20N4O5S/c1-13-11-22-17(12-21-13)20(25)23-16-10-14(8-9-19(16)29-3)30(26,27)24-15-6-4-5-7-18(15)28-2/h4-12,24H,1-3H3,(H,23,25). The molecule has 0 atom stereocenters. The summed E-state index contributed by atoms with van der Waals surface area (Å²) in [5, 5.41) is 2.61. The molecule has 0 bridgehead atoms. The predicted molar refractivity (Wildman–Crippen MR) is 112 cm³/mol. The number of carbonyl (C=O) groups excluding carboxylic acids is 1. The highest BCUT2D eigenvalue weighted by Gasteiger charge is 2.20. The number of carbonyl (C=O) groups is 1. The van der Waals surface area contributed by atoms with Gasteiger partial charge in [-0.25, -0.2) is 13.4 Å². The van der Waals surface area contributed by atoms with E-state index in [1.807, 2.05) is 0 Å². The second kappa shape index (κ2) is 8.78. The molecule has 0 spiro atoms. The molecule has 0 aliphatic rings. The average molecular weight is 428 g/mol. The Bertz CT molecular complexity index is 1160. The van der Waals surface area contributed by atoms with Gasteiger partial charge in [0.2, 0.25) is 0 Å². The van der Waals surface area contributed by atoms with Crippen molar-refractivity contribution >= 4 is 27.3 Å². The zero-order valence-corrected chi connectivity index (χ0v) is 17.4. The number of sulfonamides is 1. The smallest absolute Gasteiger partial charge is 0.275 e. The molecule has 3 aromatic rings. The number of hydrogen-bond acceptors (Lipinski definition) is 7. The fraction of sp³-hybridized carbons (Fsp3) is 0.150. The van der Waals surface area contributed by atoms with Crippen molar-refractivity contribution in [2.24, 2.45) is 0 Å². The number of nitrogens with one attached hydrogen (secondary N) is 2.